The highest BCUT2D eigenvalue weighted by atomic mass is 16.5. The first kappa shape index (κ1) is 24.2. The van der Waals surface area contributed by atoms with Gasteiger partial charge in [0, 0.05) is 48.9 Å². The molecule has 8 nitrogen and oxygen atoms in total. The maximum Gasteiger partial charge on any atom is 0.267 e. The number of hydrogen-bond donors (Lipinski definition) is 0. The Morgan fingerprint density at radius 2 is 1.75 bits per heavy atom. The normalized spacial score (nSPS) is 17.2. The number of ether oxygens (including phenoxy) is 2. The van der Waals surface area contributed by atoms with Crippen LogP contribution in [0.3, 0.4) is 0 Å². The fraction of sp³-hybridized carbons (Fsp3) is 0.393. The summed E-state index contributed by atoms with van der Waals surface area (Å²) >= 11 is 0. The lowest BCUT2D eigenvalue weighted by Gasteiger charge is -2.26. The molecular formula is C28H32N4O4. The van der Waals surface area contributed by atoms with Gasteiger partial charge in [-0.2, -0.15) is 5.10 Å². The molecule has 0 bridgehead atoms. The van der Waals surface area contributed by atoms with Crippen LogP contribution in [0.2, 0.25) is 0 Å². The molecule has 188 valence electrons. The molecule has 1 aromatic heterocycles. The summed E-state index contributed by atoms with van der Waals surface area (Å²) in [6.07, 6.45) is 1.41. The van der Waals surface area contributed by atoms with E-state index >= 15 is 0 Å². The molecule has 0 spiro atoms. The van der Waals surface area contributed by atoms with Crippen molar-refractivity contribution in [3.8, 4) is 5.75 Å². The summed E-state index contributed by atoms with van der Waals surface area (Å²) in [5.41, 5.74) is 2.22. The fourth-order valence-corrected chi connectivity index (χ4v) is 4.65. The van der Waals surface area contributed by atoms with E-state index in [1.54, 1.807) is 17.8 Å². The number of carbonyl (C=O) groups is 2. The van der Waals surface area contributed by atoms with Crippen molar-refractivity contribution >= 4 is 33.8 Å². The van der Waals surface area contributed by atoms with E-state index in [0.29, 0.717) is 23.6 Å². The molecule has 3 heterocycles. The maximum atomic E-state index is 13.6. The lowest BCUT2D eigenvalue weighted by atomic mass is 9.92. The fourth-order valence-electron chi connectivity index (χ4n) is 4.65. The first-order valence-corrected chi connectivity index (χ1v) is 12.3. The lowest BCUT2D eigenvalue weighted by molar-refractivity contribution is -0.119. The molecular weight excluding hydrogens is 456 g/mol. The number of fused-ring (bicyclic) bond motifs is 1. The SMILES string of the molecule is Cn1nc(C(C)(C)C)cc1C1=CC(=O)N(c2ccc(OCCN3CCOCC3)c3ccccc23)C1=O. The summed E-state index contributed by atoms with van der Waals surface area (Å²) in [6.45, 7) is 10.9. The molecule has 0 unspecified atom stereocenters. The van der Waals surface area contributed by atoms with E-state index in [4.69, 9.17) is 9.47 Å². The van der Waals surface area contributed by atoms with Crippen LogP contribution in [0.1, 0.15) is 32.2 Å². The van der Waals surface area contributed by atoms with Crippen molar-refractivity contribution in [1.82, 2.24) is 14.7 Å². The van der Waals surface area contributed by atoms with Gasteiger partial charge in [0.15, 0.2) is 0 Å². The van der Waals surface area contributed by atoms with Crippen molar-refractivity contribution < 1.29 is 19.1 Å². The van der Waals surface area contributed by atoms with E-state index in [9.17, 15) is 9.59 Å². The Hall–Kier alpha value is -3.49. The molecule has 8 heteroatoms. The number of aryl methyl sites for hydroxylation is 1. The lowest BCUT2D eigenvalue weighted by Crippen LogP contribution is -2.38. The van der Waals surface area contributed by atoms with Crippen LogP contribution in [0.25, 0.3) is 16.3 Å². The Kier molecular flexibility index (Phi) is 6.40. The van der Waals surface area contributed by atoms with Crippen molar-refractivity contribution in [2.75, 3.05) is 44.4 Å². The van der Waals surface area contributed by atoms with Crippen LogP contribution in [0.4, 0.5) is 5.69 Å². The van der Waals surface area contributed by atoms with Gasteiger partial charge in [0.25, 0.3) is 11.8 Å². The standard InChI is InChI=1S/C28H32N4O4/c1-28(2,3)25-18-23(30(4)29-25)21-17-26(33)32(27(21)34)22-9-10-24(20-8-6-5-7-19(20)22)36-16-13-31-11-14-35-15-12-31/h5-10,17-18H,11-16H2,1-4H3. The Bertz CT molecular complexity index is 1350. The van der Waals surface area contributed by atoms with Crippen LogP contribution < -0.4 is 9.64 Å². The minimum absolute atomic E-state index is 0.171. The molecule has 0 atom stereocenters. The largest absolute Gasteiger partial charge is 0.492 e. The second-order valence-corrected chi connectivity index (χ2v) is 10.3. The van der Waals surface area contributed by atoms with E-state index in [-0.39, 0.29) is 17.2 Å². The number of carbonyl (C=O) groups excluding carboxylic acids is 2. The van der Waals surface area contributed by atoms with Crippen molar-refractivity contribution in [2.24, 2.45) is 7.05 Å². The number of rotatable bonds is 6. The first-order valence-electron chi connectivity index (χ1n) is 12.3. The molecule has 1 saturated heterocycles. The summed E-state index contributed by atoms with van der Waals surface area (Å²) in [5, 5.41) is 6.23. The second kappa shape index (κ2) is 9.52. The second-order valence-electron chi connectivity index (χ2n) is 10.3. The quantitative estimate of drug-likeness (QED) is 0.494. The zero-order chi connectivity index (χ0) is 25.4. The third kappa shape index (κ3) is 4.54. The van der Waals surface area contributed by atoms with Crippen molar-refractivity contribution in [2.45, 2.75) is 26.2 Å². The summed E-state index contributed by atoms with van der Waals surface area (Å²) < 4.78 is 13.2. The average molecular weight is 489 g/mol. The molecule has 2 aliphatic heterocycles. The number of aromatic nitrogens is 2. The minimum Gasteiger partial charge on any atom is -0.492 e. The summed E-state index contributed by atoms with van der Waals surface area (Å²) in [6, 6.07) is 13.2. The smallest absolute Gasteiger partial charge is 0.267 e. The number of imide groups is 1. The predicted octanol–water partition coefficient (Wildman–Crippen LogP) is 3.54. The number of benzene rings is 2. The van der Waals surface area contributed by atoms with E-state index in [0.717, 1.165) is 55.1 Å². The maximum absolute atomic E-state index is 13.6. The number of nitrogens with zero attached hydrogens (tertiary/aromatic N) is 4. The molecule has 0 aliphatic carbocycles. The molecule has 3 aromatic rings. The van der Waals surface area contributed by atoms with Crippen LogP contribution in [-0.2, 0) is 26.8 Å². The van der Waals surface area contributed by atoms with Crippen LogP contribution in [0.5, 0.6) is 5.75 Å². The van der Waals surface area contributed by atoms with E-state index in [1.807, 2.05) is 36.4 Å². The highest BCUT2D eigenvalue weighted by Crippen LogP contribution is 2.37. The minimum atomic E-state index is -0.361. The predicted molar refractivity (Wildman–Crippen MR) is 139 cm³/mol. The van der Waals surface area contributed by atoms with Gasteiger partial charge in [-0.15, -0.1) is 0 Å². The van der Waals surface area contributed by atoms with Gasteiger partial charge in [-0.1, -0.05) is 45.0 Å². The van der Waals surface area contributed by atoms with Gasteiger partial charge in [-0.05, 0) is 18.2 Å². The van der Waals surface area contributed by atoms with Crippen LogP contribution in [0.15, 0.2) is 48.5 Å². The molecule has 5 rings (SSSR count). The third-order valence-corrected chi connectivity index (χ3v) is 6.72. The summed E-state index contributed by atoms with van der Waals surface area (Å²) in [5.74, 6) is 0.0191. The van der Waals surface area contributed by atoms with Gasteiger partial charge in [0.05, 0.1) is 35.9 Å². The third-order valence-electron chi connectivity index (χ3n) is 6.72. The number of hydrogen-bond acceptors (Lipinski definition) is 6. The summed E-state index contributed by atoms with van der Waals surface area (Å²) in [7, 11) is 1.80. The van der Waals surface area contributed by atoms with Crippen LogP contribution >= 0.6 is 0 Å². The van der Waals surface area contributed by atoms with Crippen molar-refractivity contribution in [3.05, 3.63) is 59.9 Å². The molecule has 2 amide bonds. The van der Waals surface area contributed by atoms with Crippen LogP contribution in [-0.4, -0.2) is 65.9 Å². The molecule has 0 radical (unpaired) electrons. The molecule has 2 aliphatic rings. The molecule has 36 heavy (non-hydrogen) atoms. The van der Waals surface area contributed by atoms with Gasteiger partial charge in [-0.25, -0.2) is 4.90 Å². The van der Waals surface area contributed by atoms with Gasteiger partial charge in [0.1, 0.15) is 12.4 Å². The van der Waals surface area contributed by atoms with Crippen molar-refractivity contribution in [3.63, 3.8) is 0 Å². The Balaban J connectivity index is 1.41. The Labute approximate surface area is 211 Å². The monoisotopic (exact) mass is 488 g/mol. The first-order chi connectivity index (χ1) is 17.2. The van der Waals surface area contributed by atoms with Gasteiger partial charge in [-0.3, -0.25) is 19.2 Å². The molecule has 0 saturated carbocycles. The van der Waals surface area contributed by atoms with Gasteiger partial charge >= 0.3 is 0 Å². The zero-order valence-corrected chi connectivity index (χ0v) is 21.3. The Morgan fingerprint density at radius 3 is 2.44 bits per heavy atom. The highest BCUT2D eigenvalue weighted by Gasteiger charge is 2.36. The van der Waals surface area contributed by atoms with Gasteiger partial charge < -0.3 is 9.47 Å². The average Bonchev–Trinajstić information content (AvgIpc) is 3.39. The van der Waals surface area contributed by atoms with E-state index < -0.39 is 0 Å². The number of morpholine rings is 1. The summed E-state index contributed by atoms with van der Waals surface area (Å²) in [4.78, 5) is 30.2. The molecule has 0 N–H and O–H groups in total. The van der Waals surface area contributed by atoms with E-state index in [2.05, 4.69) is 30.8 Å². The van der Waals surface area contributed by atoms with Crippen molar-refractivity contribution in [1.29, 1.82) is 0 Å². The number of anilines is 1. The highest BCUT2D eigenvalue weighted by molar-refractivity contribution is 6.44. The van der Waals surface area contributed by atoms with E-state index in [1.165, 1.54) is 11.0 Å². The molecule has 2 aromatic carbocycles. The molecule has 1 fully saturated rings. The van der Waals surface area contributed by atoms with Crippen LogP contribution in [0, 0.1) is 0 Å². The number of amides is 2. The topological polar surface area (TPSA) is 76.9 Å². The zero-order valence-electron chi connectivity index (χ0n) is 21.3. The van der Waals surface area contributed by atoms with Gasteiger partial charge in [0.2, 0.25) is 0 Å². The Morgan fingerprint density at radius 1 is 1.03 bits per heavy atom.